The molecule has 3 nitrogen and oxygen atoms in total. The second-order valence-electron chi connectivity index (χ2n) is 4.32. The summed E-state index contributed by atoms with van der Waals surface area (Å²) in [6.07, 6.45) is 1.72. The van der Waals surface area contributed by atoms with Gasteiger partial charge in [0.25, 0.3) is 5.56 Å². The highest BCUT2D eigenvalue weighted by atomic mass is 19.1. The zero-order valence-electron chi connectivity index (χ0n) is 10.8. The minimum absolute atomic E-state index is 0.0817. The maximum atomic E-state index is 13.8. The molecule has 0 saturated heterocycles. The molecule has 0 fully saturated rings. The summed E-state index contributed by atoms with van der Waals surface area (Å²) in [5.74, 6) is -0.252. The number of hydrogen-bond acceptors (Lipinski definition) is 2. The SMILES string of the molecule is CCNC(Cn1ccccc1=O)c1ccccc1F. The molecule has 1 heterocycles. The van der Waals surface area contributed by atoms with Crippen LogP contribution in [0.25, 0.3) is 0 Å². The third-order valence-corrected chi connectivity index (χ3v) is 3.01. The Balaban J connectivity index is 2.29. The molecule has 0 aliphatic carbocycles. The van der Waals surface area contributed by atoms with E-state index >= 15 is 0 Å². The molecule has 1 aromatic heterocycles. The molecule has 100 valence electrons. The van der Waals surface area contributed by atoms with E-state index in [4.69, 9.17) is 0 Å². The normalized spacial score (nSPS) is 12.3. The van der Waals surface area contributed by atoms with Gasteiger partial charge < -0.3 is 9.88 Å². The van der Waals surface area contributed by atoms with Crippen LogP contribution in [0.3, 0.4) is 0 Å². The molecule has 2 aromatic rings. The fourth-order valence-electron chi connectivity index (χ4n) is 2.09. The number of nitrogens with zero attached hydrogens (tertiary/aromatic N) is 1. The van der Waals surface area contributed by atoms with Crippen LogP contribution >= 0.6 is 0 Å². The van der Waals surface area contributed by atoms with Gasteiger partial charge in [-0.1, -0.05) is 31.2 Å². The lowest BCUT2D eigenvalue weighted by molar-refractivity contribution is 0.447. The summed E-state index contributed by atoms with van der Waals surface area (Å²) in [5.41, 5.74) is 0.502. The number of rotatable bonds is 5. The van der Waals surface area contributed by atoms with Crippen LogP contribution < -0.4 is 10.9 Å². The summed E-state index contributed by atoms with van der Waals surface area (Å²) in [4.78, 5) is 11.7. The molecule has 0 aliphatic heterocycles. The minimum atomic E-state index is -0.252. The largest absolute Gasteiger partial charge is 0.314 e. The zero-order valence-corrected chi connectivity index (χ0v) is 10.8. The van der Waals surface area contributed by atoms with E-state index in [0.29, 0.717) is 18.7 Å². The van der Waals surface area contributed by atoms with Crippen molar-refractivity contribution in [2.24, 2.45) is 0 Å². The maximum Gasteiger partial charge on any atom is 0.250 e. The van der Waals surface area contributed by atoms with Gasteiger partial charge in [0.05, 0.1) is 6.04 Å². The third kappa shape index (κ3) is 3.29. The van der Waals surface area contributed by atoms with E-state index in [-0.39, 0.29) is 17.4 Å². The Hall–Kier alpha value is -1.94. The minimum Gasteiger partial charge on any atom is -0.314 e. The quantitative estimate of drug-likeness (QED) is 0.895. The number of hydrogen-bond donors (Lipinski definition) is 1. The first-order valence-corrected chi connectivity index (χ1v) is 6.35. The van der Waals surface area contributed by atoms with Crippen molar-refractivity contribution in [3.8, 4) is 0 Å². The van der Waals surface area contributed by atoms with Gasteiger partial charge in [0.2, 0.25) is 0 Å². The van der Waals surface area contributed by atoms with Gasteiger partial charge in [-0.05, 0) is 18.7 Å². The molecule has 0 aliphatic rings. The molecule has 0 bridgehead atoms. The van der Waals surface area contributed by atoms with Crippen LogP contribution in [-0.4, -0.2) is 11.1 Å². The van der Waals surface area contributed by atoms with Gasteiger partial charge in [-0.3, -0.25) is 4.79 Å². The van der Waals surface area contributed by atoms with Crippen molar-refractivity contribution in [2.75, 3.05) is 6.54 Å². The van der Waals surface area contributed by atoms with E-state index in [2.05, 4.69) is 5.32 Å². The van der Waals surface area contributed by atoms with Gasteiger partial charge in [-0.15, -0.1) is 0 Å². The van der Waals surface area contributed by atoms with Gasteiger partial charge in [-0.25, -0.2) is 4.39 Å². The standard InChI is InChI=1S/C15H17FN2O/c1-2-17-14(12-7-3-4-8-13(12)16)11-18-10-6-5-9-15(18)19/h3-10,14,17H,2,11H2,1H3. The first-order valence-electron chi connectivity index (χ1n) is 6.35. The number of aromatic nitrogens is 1. The fraction of sp³-hybridized carbons (Fsp3) is 0.267. The van der Waals surface area contributed by atoms with Crippen molar-refractivity contribution in [3.63, 3.8) is 0 Å². The topological polar surface area (TPSA) is 34.0 Å². The van der Waals surface area contributed by atoms with E-state index in [1.807, 2.05) is 6.92 Å². The van der Waals surface area contributed by atoms with Gasteiger partial charge in [0.1, 0.15) is 5.82 Å². The van der Waals surface area contributed by atoms with Gasteiger partial charge in [0, 0.05) is 24.4 Å². The van der Waals surface area contributed by atoms with Gasteiger partial charge in [-0.2, -0.15) is 0 Å². The van der Waals surface area contributed by atoms with Crippen LogP contribution in [-0.2, 0) is 6.54 Å². The molecule has 0 radical (unpaired) electrons. The molecule has 0 spiro atoms. The summed E-state index contributed by atoms with van der Waals surface area (Å²) < 4.78 is 15.4. The van der Waals surface area contributed by atoms with Crippen molar-refractivity contribution in [1.82, 2.24) is 9.88 Å². The van der Waals surface area contributed by atoms with E-state index in [1.165, 1.54) is 12.1 Å². The zero-order chi connectivity index (χ0) is 13.7. The van der Waals surface area contributed by atoms with E-state index in [0.717, 1.165) is 0 Å². The lowest BCUT2D eigenvalue weighted by Crippen LogP contribution is -2.30. The average molecular weight is 260 g/mol. The van der Waals surface area contributed by atoms with Crippen molar-refractivity contribution in [3.05, 3.63) is 70.4 Å². The Morgan fingerprint density at radius 3 is 2.63 bits per heavy atom. The van der Waals surface area contributed by atoms with Crippen LogP contribution in [0.2, 0.25) is 0 Å². The highest BCUT2D eigenvalue weighted by Crippen LogP contribution is 2.18. The Kier molecular flexibility index (Phi) is 4.47. The van der Waals surface area contributed by atoms with E-state index in [9.17, 15) is 9.18 Å². The Morgan fingerprint density at radius 1 is 1.21 bits per heavy atom. The molecular formula is C15H17FN2O. The predicted molar refractivity (Wildman–Crippen MR) is 73.5 cm³/mol. The lowest BCUT2D eigenvalue weighted by Gasteiger charge is -2.20. The smallest absolute Gasteiger partial charge is 0.250 e. The highest BCUT2D eigenvalue weighted by molar-refractivity contribution is 5.21. The van der Waals surface area contributed by atoms with Crippen molar-refractivity contribution in [1.29, 1.82) is 0 Å². The van der Waals surface area contributed by atoms with Crippen molar-refractivity contribution < 1.29 is 4.39 Å². The second-order valence-corrected chi connectivity index (χ2v) is 4.32. The summed E-state index contributed by atoms with van der Waals surface area (Å²) in [6.45, 7) is 3.08. The van der Waals surface area contributed by atoms with E-state index in [1.54, 1.807) is 41.1 Å². The van der Waals surface area contributed by atoms with Crippen molar-refractivity contribution in [2.45, 2.75) is 19.5 Å². The fourth-order valence-corrected chi connectivity index (χ4v) is 2.09. The second kappa shape index (κ2) is 6.29. The predicted octanol–water partition coefficient (Wildman–Crippen LogP) is 2.34. The van der Waals surface area contributed by atoms with Crippen molar-refractivity contribution >= 4 is 0 Å². The number of nitrogens with one attached hydrogen (secondary N) is 1. The van der Waals surface area contributed by atoms with Crippen LogP contribution in [0, 0.1) is 5.82 Å². The molecule has 0 saturated carbocycles. The first kappa shape index (κ1) is 13.5. The first-order chi connectivity index (χ1) is 9.22. The summed E-state index contributed by atoms with van der Waals surface area (Å²) in [7, 11) is 0. The lowest BCUT2D eigenvalue weighted by atomic mass is 10.1. The number of halogens is 1. The molecule has 4 heteroatoms. The summed E-state index contributed by atoms with van der Waals surface area (Å²) >= 11 is 0. The van der Waals surface area contributed by atoms with Crippen LogP contribution in [0.15, 0.2) is 53.5 Å². The number of pyridine rings is 1. The molecule has 0 amide bonds. The number of benzene rings is 1. The monoisotopic (exact) mass is 260 g/mol. The molecule has 1 N–H and O–H groups in total. The molecule has 1 aromatic carbocycles. The Bertz CT molecular complexity index is 594. The average Bonchev–Trinajstić information content (AvgIpc) is 2.41. The molecule has 2 rings (SSSR count). The van der Waals surface area contributed by atoms with Crippen LogP contribution in [0.4, 0.5) is 4.39 Å². The van der Waals surface area contributed by atoms with Crippen LogP contribution in [0.5, 0.6) is 0 Å². The van der Waals surface area contributed by atoms with Gasteiger partial charge >= 0.3 is 0 Å². The Morgan fingerprint density at radius 2 is 1.95 bits per heavy atom. The van der Waals surface area contributed by atoms with Crippen LogP contribution in [0.1, 0.15) is 18.5 Å². The molecule has 1 unspecified atom stereocenters. The van der Waals surface area contributed by atoms with E-state index < -0.39 is 0 Å². The number of likely N-dealkylation sites (N-methyl/N-ethyl adjacent to an activating group) is 1. The van der Waals surface area contributed by atoms with Gasteiger partial charge in [0.15, 0.2) is 0 Å². The summed E-state index contributed by atoms with van der Waals surface area (Å²) in [6, 6.07) is 11.4. The maximum absolute atomic E-state index is 13.8. The summed E-state index contributed by atoms with van der Waals surface area (Å²) in [5, 5.41) is 3.22. The highest BCUT2D eigenvalue weighted by Gasteiger charge is 2.15. The Labute approximate surface area is 111 Å². The molecular weight excluding hydrogens is 243 g/mol. The molecule has 19 heavy (non-hydrogen) atoms. The third-order valence-electron chi connectivity index (χ3n) is 3.01. The molecule has 1 atom stereocenters.